The second-order valence-electron chi connectivity index (χ2n) is 4.58. The Hall–Kier alpha value is -0.570. The lowest BCUT2D eigenvalue weighted by molar-refractivity contribution is 0.154. The predicted molar refractivity (Wildman–Crippen MR) is 68.8 cm³/mol. The van der Waals surface area contributed by atoms with Gasteiger partial charge in [0.15, 0.2) is 0 Å². The van der Waals surface area contributed by atoms with Gasteiger partial charge >= 0.3 is 0 Å². The van der Waals surface area contributed by atoms with E-state index in [-0.39, 0.29) is 11.6 Å². The van der Waals surface area contributed by atoms with E-state index in [9.17, 15) is 5.11 Å². The summed E-state index contributed by atoms with van der Waals surface area (Å²) in [6, 6.07) is 7.80. The molecule has 0 saturated carbocycles. The first-order valence-corrected chi connectivity index (χ1v) is 6.02. The van der Waals surface area contributed by atoms with Crippen LogP contribution in [0.4, 0.5) is 0 Å². The van der Waals surface area contributed by atoms with Crippen LogP contribution in [0, 0.1) is 0 Å². The van der Waals surface area contributed by atoms with E-state index in [1.165, 1.54) is 0 Å². The van der Waals surface area contributed by atoms with Crippen LogP contribution in [0.15, 0.2) is 24.3 Å². The Morgan fingerprint density at radius 2 is 2.12 bits per heavy atom. The van der Waals surface area contributed by atoms with E-state index in [0.717, 1.165) is 17.0 Å². The molecule has 0 aliphatic rings. The summed E-state index contributed by atoms with van der Waals surface area (Å²) in [7, 11) is 0. The third-order valence-electron chi connectivity index (χ3n) is 2.80. The monoisotopic (exact) mass is 241 g/mol. The first kappa shape index (κ1) is 13.5. The number of halogens is 1. The molecule has 0 aliphatic carbocycles. The zero-order valence-corrected chi connectivity index (χ0v) is 10.9. The molecule has 0 bridgehead atoms. The van der Waals surface area contributed by atoms with Gasteiger partial charge in [0.2, 0.25) is 0 Å². The first-order chi connectivity index (χ1) is 7.45. The highest BCUT2D eigenvalue weighted by atomic mass is 35.5. The first-order valence-electron chi connectivity index (χ1n) is 5.65. The maximum atomic E-state index is 9.53. The lowest BCUT2D eigenvalue weighted by Gasteiger charge is -2.28. The molecule has 0 aromatic heterocycles. The molecule has 0 amide bonds. The van der Waals surface area contributed by atoms with Crippen LogP contribution in [0.25, 0.3) is 0 Å². The average Bonchev–Trinajstić information content (AvgIpc) is 2.26. The largest absolute Gasteiger partial charge is 0.392 e. The SMILES string of the molecule is CC[C@@H](O)CNC(C)(C)c1cccc(Cl)c1. The van der Waals surface area contributed by atoms with E-state index < -0.39 is 0 Å². The molecule has 0 fully saturated rings. The van der Waals surface area contributed by atoms with Gasteiger partial charge in [-0.15, -0.1) is 0 Å². The Balaban J connectivity index is 2.69. The second-order valence-corrected chi connectivity index (χ2v) is 5.01. The van der Waals surface area contributed by atoms with Crippen molar-refractivity contribution < 1.29 is 5.11 Å². The van der Waals surface area contributed by atoms with Crippen LogP contribution in [0.3, 0.4) is 0 Å². The summed E-state index contributed by atoms with van der Waals surface area (Å²) in [5.41, 5.74) is 0.949. The summed E-state index contributed by atoms with van der Waals surface area (Å²) in [6.45, 7) is 6.73. The van der Waals surface area contributed by atoms with Crippen molar-refractivity contribution in [1.82, 2.24) is 5.32 Å². The molecule has 2 nitrogen and oxygen atoms in total. The lowest BCUT2D eigenvalue weighted by atomic mass is 9.94. The number of benzene rings is 1. The Labute approximate surface area is 103 Å². The van der Waals surface area contributed by atoms with Crippen molar-refractivity contribution in [2.75, 3.05) is 6.54 Å². The minimum atomic E-state index is -0.293. The van der Waals surface area contributed by atoms with E-state index in [1.54, 1.807) is 0 Å². The summed E-state index contributed by atoms with van der Waals surface area (Å²) in [4.78, 5) is 0. The number of rotatable bonds is 5. The minimum absolute atomic E-state index is 0.180. The molecular formula is C13H20ClNO. The van der Waals surface area contributed by atoms with Crippen LogP contribution in [-0.4, -0.2) is 17.8 Å². The molecule has 2 N–H and O–H groups in total. The van der Waals surface area contributed by atoms with E-state index in [2.05, 4.69) is 19.2 Å². The second kappa shape index (κ2) is 5.67. The number of aliphatic hydroxyl groups excluding tert-OH is 1. The normalized spacial score (nSPS) is 13.8. The van der Waals surface area contributed by atoms with Crippen LogP contribution < -0.4 is 5.32 Å². The molecule has 1 aromatic rings. The van der Waals surface area contributed by atoms with Gasteiger partial charge in [0.05, 0.1) is 6.10 Å². The van der Waals surface area contributed by atoms with E-state index in [1.807, 2.05) is 31.2 Å². The molecule has 0 aliphatic heterocycles. The minimum Gasteiger partial charge on any atom is -0.392 e. The van der Waals surface area contributed by atoms with Crippen LogP contribution in [0.5, 0.6) is 0 Å². The van der Waals surface area contributed by atoms with E-state index >= 15 is 0 Å². The van der Waals surface area contributed by atoms with Crippen molar-refractivity contribution in [3.05, 3.63) is 34.9 Å². The van der Waals surface area contributed by atoms with Gasteiger partial charge in [-0.1, -0.05) is 30.7 Å². The fourth-order valence-electron chi connectivity index (χ4n) is 1.50. The highest BCUT2D eigenvalue weighted by Crippen LogP contribution is 2.22. The van der Waals surface area contributed by atoms with Crippen LogP contribution in [0.2, 0.25) is 5.02 Å². The molecule has 1 aromatic carbocycles. The van der Waals surface area contributed by atoms with Gasteiger partial charge in [0.1, 0.15) is 0 Å². The maximum absolute atomic E-state index is 9.53. The topological polar surface area (TPSA) is 32.3 Å². The molecule has 3 heteroatoms. The molecule has 16 heavy (non-hydrogen) atoms. The quantitative estimate of drug-likeness (QED) is 0.831. The standard InChI is InChI=1S/C13H20ClNO/c1-4-12(16)9-15-13(2,3)10-6-5-7-11(14)8-10/h5-8,12,15-16H,4,9H2,1-3H3/t12-/m1/s1. The molecule has 1 rings (SSSR count). The summed E-state index contributed by atoms with van der Waals surface area (Å²) in [5, 5.41) is 13.6. The Bertz CT molecular complexity index is 338. The van der Waals surface area contributed by atoms with Crippen molar-refractivity contribution in [2.45, 2.75) is 38.8 Å². The number of aliphatic hydroxyl groups is 1. The number of hydrogen-bond donors (Lipinski definition) is 2. The van der Waals surface area contributed by atoms with Gasteiger partial charge in [-0.25, -0.2) is 0 Å². The lowest BCUT2D eigenvalue weighted by Crippen LogP contribution is -2.41. The molecule has 0 saturated heterocycles. The highest BCUT2D eigenvalue weighted by Gasteiger charge is 2.20. The van der Waals surface area contributed by atoms with Gasteiger partial charge in [-0.2, -0.15) is 0 Å². The average molecular weight is 242 g/mol. The molecule has 0 spiro atoms. The van der Waals surface area contributed by atoms with Gasteiger partial charge < -0.3 is 10.4 Å². The van der Waals surface area contributed by atoms with Crippen LogP contribution in [-0.2, 0) is 5.54 Å². The van der Waals surface area contributed by atoms with Gasteiger partial charge in [-0.05, 0) is 38.0 Å². The van der Waals surface area contributed by atoms with Gasteiger partial charge in [0, 0.05) is 17.1 Å². The zero-order valence-electron chi connectivity index (χ0n) is 10.1. The fraction of sp³-hybridized carbons (Fsp3) is 0.538. The van der Waals surface area contributed by atoms with Crippen molar-refractivity contribution >= 4 is 11.6 Å². The number of nitrogens with one attached hydrogen (secondary N) is 1. The molecule has 0 unspecified atom stereocenters. The third-order valence-corrected chi connectivity index (χ3v) is 3.03. The maximum Gasteiger partial charge on any atom is 0.0662 e. The molecule has 0 heterocycles. The fourth-order valence-corrected chi connectivity index (χ4v) is 1.69. The summed E-state index contributed by atoms with van der Waals surface area (Å²) >= 11 is 5.96. The summed E-state index contributed by atoms with van der Waals surface area (Å²) < 4.78 is 0. The van der Waals surface area contributed by atoms with Crippen molar-refractivity contribution in [1.29, 1.82) is 0 Å². The van der Waals surface area contributed by atoms with E-state index in [4.69, 9.17) is 11.6 Å². The Morgan fingerprint density at radius 3 is 2.69 bits per heavy atom. The Kier molecular flexibility index (Phi) is 4.78. The molecular weight excluding hydrogens is 222 g/mol. The smallest absolute Gasteiger partial charge is 0.0662 e. The molecule has 0 radical (unpaired) electrons. The highest BCUT2D eigenvalue weighted by molar-refractivity contribution is 6.30. The Morgan fingerprint density at radius 1 is 1.44 bits per heavy atom. The number of hydrogen-bond acceptors (Lipinski definition) is 2. The predicted octanol–water partition coefficient (Wildman–Crippen LogP) is 2.94. The van der Waals surface area contributed by atoms with Gasteiger partial charge in [-0.3, -0.25) is 0 Å². The van der Waals surface area contributed by atoms with E-state index in [0.29, 0.717) is 6.54 Å². The zero-order chi connectivity index (χ0) is 12.2. The summed E-state index contributed by atoms with van der Waals surface area (Å²) in [6.07, 6.45) is 0.469. The van der Waals surface area contributed by atoms with Crippen LogP contribution in [0.1, 0.15) is 32.8 Å². The van der Waals surface area contributed by atoms with Crippen LogP contribution >= 0.6 is 11.6 Å². The van der Waals surface area contributed by atoms with Gasteiger partial charge in [0.25, 0.3) is 0 Å². The molecule has 90 valence electrons. The molecule has 1 atom stereocenters. The van der Waals surface area contributed by atoms with Crippen molar-refractivity contribution in [3.8, 4) is 0 Å². The summed E-state index contributed by atoms with van der Waals surface area (Å²) in [5.74, 6) is 0. The van der Waals surface area contributed by atoms with Crippen molar-refractivity contribution in [3.63, 3.8) is 0 Å². The third kappa shape index (κ3) is 3.78. The van der Waals surface area contributed by atoms with Crippen molar-refractivity contribution in [2.24, 2.45) is 0 Å².